The van der Waals surface area contributed by atoms with Gasteiger partial charge in [0.15, 0.2) is 6.17 Å². The van der Waals surface area contributed by atoms with Crippen molar-refractivity contribution in [2.45, 2.75) is 43.9 Å². The Hall–Kier alpha value is -1.97. The number of aromatic nitrogens is 1. The summed E-state index contributed by atoms with van der Waals surface area (Å²) in [5, 5.41) is 21.6. The van der Waals surface area contributed by atoms with Crippen LogP contribution in [0.3, 0.4) is 0 Å². The van der Waals surface area contributed by atoms with E-state index in [1.54, 1.807) is 37.3 Å². The largest absolute Gasteiger partial charge is 0.508 e. The van der Waals surface area contributed by atoms with E-state index < -0.39 is 43.3 Å². The fourth-order valence-corrected chi connectivity index (χ4v) is 3.56. The van der Waals surface area contributed by atoms with Crippen LogP contribution in [0.15, 0.2) is 36.5 Å². The molecule has 5 atom stereocenters. The summed E-state index contributed by atoms with van der Waals surface area (Å²) in [5.41, 5.74) is 1.90. The van der Waals surface area contributed by atoms with Crippen LogP contribution < -0.4 is 0 Å². The monoisotopic (exact) mass is 473 g/mol. The first-order chi connectivity index (χ1) is 14.8. The molecule has 0 amide bonds. The second-order valence-electron chi connectivity index (χ2n) is 7.01. The molecule has 1 aliphatic heterocycles. The highest BCUT2D eigenvalue weighted by molar-refractivity contribution is 6.31. The lowest BCUT2D eigenvalue weighted by Gasteiger charge is -2.39. The van der Waals surface area contributed by atoms with Crippen LogP contribution in [0, 0.1) is 0 Å². The van der Waals surface area contributed by atoms with Gasteiger partial charge in [0.1, 0.15) is 31.0 Å². The maximum Gasteiger partial charge on any atom is 0.508 e. The zero-order valence-corrected chi connectivity index (χ0v) is 18.1. The topological polar surface area (TPSA) is 98.1 Å². The summed E-state index contributed by atoms with van der Waals surface area (Å²) < 4.78 is 29.6. The number of carbonyl (C=O) groups excluding carboxylic acids is 1. The second-order valence-corrected chi connectivity index (χ2v) is 7.85. The fraction of sp³-hybridized carbons (Fsp3) is 0.429. The molecule has 0 aliphatic carbocycles. The van der Waals surface area contributed by atoms with Crippen LogP contribution in [0.4, 0.5) is 9.18 Å². The molecular formula is C21H22Cl2FNO6. The van der Waals surface area contributed by atoms with E-state index in [0.29, 0.717) is 27.6 Å². The van der Waals surface area contributed by atoms with Gasteiger partial charge < -0.3 is 24.4 Å². The number of nitrogens with zero attached hydrogens (tertiary/aromatic N) is 1. The smallest absolute Gasteiger partial charge is 0.435 e. The van der Waals surface area contributed by atoms with E-state index >= 15 is 0 Å². The van der Waals surface area contributed by atoms with Crippen LogP contribution >= 0.6 is 23.2 Å². The van der Waals surface area contributed by atoms with E-state index in [1.807, 2.05) is 0 Å². The minimum Gasteiger partial charge on any atom is -0.435 e. The van der Waals surface area contributed by atoms with Crippen molar-refractivity contribution in [2.24, 2.45) is 0 Å². The van der Waals surface area contributed by atoms with Gasteiger partial charge in [0.25, 0.3) is 0 Å². The van der Waals surface area contributed by atoms with Gasteiger partial charge in [-0.05, 0) is 36.2 Å². The number of ether oxygens (including phenoxy) is 3. The highest BCUT2D eigenvalue weighted by atomic mass is 35.5. The molecule has 31 heavy (non-hydrogen) atoms. The Kier molecular flexibility index (Phi) is 8.07. The Balaban J connectivity index is 1.79. The Morgan fingerprint density at radius 2 is 1.97 bits per heavy atom. The summed E-state index contributed by atoms with van der Waals surface area (Å²) in [5.74, 6) is 0. The van der Waals surface area contributed by atoms with E-state index in [-0.39, 0.29) is 6.61 Å². The molecule has 1 saturated heterocycles. The van der Waals surface area contributed by atoms with Gasteiger partial charge in [0.05, 0.1) is 11.6 Å². The van der Waals surface area contributed by atoms with E-state index in [1.165, 1.54) is 6.20 Å². The molecular weight excluding hydrogens is 452 g/mol. The van der Waals surface area contributed by atoms with Crippen LogP contribution in [-0.2, 0) is 20.6 Å². The van der Waals surface area contributed by atoms with Crippen LogP contribution in [0.5, 0.6) is 0 Å². The van der Waals surface area contributed by atoms with E-state index in [2.05, 4.69) is 9.72 Å². The van der Waals surface area contributed by atoms with Crippen LogP contribution in [0.25, 0.3) is 0 Å². The molecule has 2 heterocycles. The molecule has 0 spiro atoms. The lowest BCUT2D eigenvalue weighted by atomic mass is 9.91. The average molecular weight is 474 g/mol. The molecule has 1 fully saturated rings. The van der Waals surface area contributed by atoms with Gasteiger partial charge in [-0.25, -0.2) is 9.18 Å². The zero-order chi connectivity index (χ0) is 22.5. The number of aliphatic hydroxyl groups is 2. The SMILES string of the molecule is CCOC(=O)OCC1OC(c2ccc(Cl)c(Cc3ccc(Cl)cn3)c2)C(O)C(O)C1F. The van der Waals surface area contributed by atoms with Crippen LogP contribution in [-0.4, -0.2) is 59.0 Å². The first kappa shape index (κ1) is 23.7. The Bertz CT molecular complexity index is 900. The van der Waals surface area contributed by atoms with Crippen molar-refractivity contribution in [3.05, 3.63) is 63.4 Å². The van der Waals surface area contributed by atoms with Crippen molar-refractivity contribution in [3.8, 4) is 0 Å². The van der Waals surface area contributed by atoms with Crippen LogP contribution in [0.2, 0.25) is 10.0 Å². The Labute approximate surface area is 188 Å². The van der Waals surface area contributed by atoms with Gasteiger partial charge in [-0.15, -0.1) is 0 Å². The summed E-state index contributed by atoms with van der Waals surface area (Å²) >= 11 is 12.2. The van der Waals surface area contributed by atoms with Gasteiger partial charge in [0.2, 0.25) is 0 Å². The summed E-state index contributed by atoms with van der Waals surface area (Å²) in [7, 11) is 0. The van der Waals surface area contributed by atoms with Gasteiger partial charge in [-0.3, -0.25) is 4.98 Å². The van der Waals surface area contributed by atoms with Gasteiger partial charge in [0, 0.05) is 23.3 Å². The van der Waals surface area contributed by atoms with Gasteiger partial charge in [-0.1, -0.05) is 35.3 Å². The molecule has 0 saturated carbocycles. The minimum atomic E-state index is -1.95. The van der Waals surface area contributed by atoms with Gasteiger partial charge >= 0.3 is 6.16 Å². The lowest BCUT2D eigenvalue weighted by molar-refractivity contribution is -0.215. The summed E-state index contributed by atoms with van der Waals surface area (Å²) in [6.07, 6.45) is -6.63. The fourth-order valence-electron chi connectivity index (χ4n) is 3.26. The molecule has 1 aromatic carbocycles. The van der Waals surface area contributed by atoms with Crippen molar-refractivity contribution >= 4 is 29.4 Å². The molecule has 10 heteroatoms. The number of carbonyl (C=O) groups is 1. The summed E-state index contributed by atoms with van der Waals surface area (Å²) in [6, 6.07) is 8.40. The first-order valence-electron chi connectivity index (χ1n) is 9.64. The van der Waals surface area contributed by atoms with Crippen molar-refractivity contribution in [1.82, 2.24) is 4.98 Å². The number of pyridine rings is 1. The third kappa shape index (κ3) is 5.84. The standard InChI is InChI=1S/C21H22Cl2FNO6/c1-2-29-21(28)30-10-16-17(24)18(26)19(27)20(31-16)11-3-6-15(23)12(7-11)8-14-5-4-13(22)9-25-14/h3-7,9,16-20,26-27H,2,8,10H2,1H3. The highest BCUT2D eigenvalue weighted by Gasteiger charge is 2.46. The molecule has 2 N–H and O–H groups in total. The van der Waals surface area contributed by atoms with E-state index in [4.69, 9.17) is 32.7 Å². The van der Waals surface area contributed by atoms with Crippen molar-refractivity contribution in [1.29, 1.82) is 0 Å². The molecule has 0 radical (unpaired) electrons. The molecule has 1 aliphatic rings. The third-order valence-corrected chi connectivity index (χ3v) is 5.44. The summed E-state index contributed by atoms with van der Waals surface area (Å²) in [4.78, 5) is 15.6. The number of halogens is 3. The zero-order valence-electron chi connectivity index (χ0n) is 16.6. The van der Waals surface area contributed by atoms with Crippen molar-refractivity contribution < 1.29 is 33.6 Å². The maximum absolute atomic E-state index is 14.5. The number of hydrogen-bond donors (Lipinski definition) is 2. The quantitative estimate of drug-likeness (QED) is 0.617. The number of hydrogen-bond acceptors (Lipinski definition) is 7. The van der Waals surface area contributed by atoms with E-state index in [0.717, 1.165) is 5.69 Å². The minimum absolute atomic E-state index is 0.101. The van der Waals surface area contributed by atoms with E-state index in [9.17, 15) is 19.4 Å². The molecule has 3 rings (SSSR count). The molecule has 168 valence electrons. The molecule has 1 aromatic heterocycles. The number of rotatable bonds is 6. The molecule has 5 unspecified atom stereocenters. The predicted molar refractivity (Wildman–Crippen MR) is 111 cm³/mol. The first-order valence-corrected chi connectivity index (χ1v) is 10.4. The predicted octanol–water partition coefficient (Wildman–Crippen LogP) is 3.65. The van der Waals surface area contributed by atoms with Crippen molar-refractivity contribution in [2.75, 3.05) is 13.2 Å². The molecule has 7 nitrogen and oxygen atoms in total. The number of alkyl halides is 1. The van der Waals surface area contributed by atoms with Crippen molar-refractivity contribution in [3.63, 3.8) is 0 Å². The summed E-state index contributed by atoms with van der Waals surface area (Å²) in [6.45, 7) is 1.23. The normalized spacial score (nSPS) is 25.8. The lowest BCUT2D eigenvalue weighted by Crippen LogP contribution is -2.53. The maximum atomic E-state index is 14.5. The van der Waals surface area contributed by atoms with Crippen LogP contribution in [0.1, 0.15) is 29.8 Å². The highest BCUT2D eigenvalue weighted by Crippen LogP contribution is 2.35. The average Bonchev–Trinajstić information content (AvgIpc) is 2.75. The molecule has 0 bridgehead atoms. The third-order valence-electron chi connectivity index (χ3n) is 4.85. The van der Waals surface area contributed by atoms with Gasteiger partial charge in [-0.2, -0.15) is 0 Å². The number of benzene rings is 1. The second kappa shape index (κ2) is 10.6. The Morgan fingerprint density at radius 3 is 2.65 bits per heavy atom. The Morgan fingerprint density at radius 1 is 1.19 bits per heavy atom. The number of aliphatic hydroxyl groups excluding tert-OH is 2. The molecule has 2 aromatic rings.